The van der Waals surface area contributed by atoms with Gasteiger partial charge in [0, 0.05) is 13.1 Å². The summed E-state index contributed by atoms with van der Waals surface area (Å²) in [6.07, 6.45) is 0.954. The average Bonchev–Trinajstić information content (AvgIpc) is 2.54. The number of aryl methyl sites for hydroxylation is 1. The van der Waals surface area contributed by atoms with Crippen LogP contribution in [0.2, 0.25) is 0 Å². The van der Waals surface area contributed by atoms with Gasteiger partial charge in [0.25, 0.3) is 5.91 Å². The summed E-state index contributed by atoms with van der Waals surface area (Å²) in [5, 5.41) is 14.1. The van der Waals surface area contributed by atoms with E-state index in [1.807, 2.05) is 12.1 Å². The molecule has 1 amide bonds. The molecule has 0 saturated heterocycles. The quantitative estimate of drug-likeness (QED) is 0.824. The number of hydrogen-bond donors (Lipinski definition) is 2. The van der Waals surface area contributed by atoms with Gasteiger partial charge >= 0.3 is 0 Å². The summed E-state index contributed by atoms with van der Waals surface area (Å²) in [5.74, 6) is 1.05. The maximum Gasteiger partial charge on any atom is 0.271 e. The Morgan fingerprint density at radius 3 is 2.57 bits per heavy atom. The van der Waals surface area contributed by atoms with E-state index in [2.05, 4.69) is 53.7 Å². The Balaban J connectivity index is 1.87. The van der Waals surface area contributed by atoms with Crippen molar-refractivity contribution in [2.75, 3.05) is 11.9 Å². The molecule has 23 heavy (non-hydrogen) atoms. The van der Waals surface area contributed by atoms with Gasteiger partial charge in [0.15, 0.2) is 5.69 Å². The minimum Gasteiger partial charge on any atom is -0.364 e. The molecule has 1 heterocycles. The summed E-state index contributed by atoms with van der Waals surface area (Å²) < 4.78 is 0. The summed E-state index contributed by atoms with van der Waals surface area (Å²) in [4.78, 5) is 11.9. The molecule has 122 valence electrons. The molecule has 0 aliphatic carbocycles. The molecule has 0 bridgehead atoms. The predicted molar refractivity (Wildman–Crippen MR) is 92.3 cm³/mol. The van der Waals surface area contributed by atoms with Crippen LogP contribution in [0.4, 0.5) is 5.82 Å². The van der Waals surface area contributed by atoms with Crippen molar-refractivity contribution in [3.63, 3.8) is 0 Å². The lowest BCUT2D eigenvalue weighted by Gasteiger charge is -2.09. The van der Waals surface area contributed by atoms with E-state index >= 15 is 0 Å². The molecule has 0 radical (unpaired) electrons. The molecule has 2 N–H and O–H groups in total. The lowest BCUT2D eigenvalue weighted by atomic mass is 10.1. The molecular weight excluding hydrogens is 288 g/mol. The smallest absolute Gasteiger partial charge is 0.271 e. The van der Waals surface area contributed by atoms with Crippen molar-refractivity contribution < 1.29 is 4.79 Å². The van der Waals surface area contributed by atoms with Crippen molar-refractivity contribution in [2.24, 2.45) is 5.92 Å². The molecule has 5 heteroatoms. The number of nitrogens with one attached hydrogen (secondary N) is 2. The van der Waals surface area contributed by atoms with E-state index in [4.69, 9.17) is 0 Å². The van der Waals surface area contributed by atoms with Crippen LogP contribution in [0.5, 0.6) is 0 Å². The fourth-order valence-electron chi connectivity index (χ4n) is 2.11. The molecule has 0 aliphatic heterocycles. The molecule has 2 aromatic rings. The number of aromatic nitrogens is 2. The molecule has 0 saturated carbocycles. The summed E-state index contributed by atoms with van der Waals surface area (Å²) >= 11 is 0. The maximum atomic E-state index is 11.9. The number of anilines is 1. The highest BCUT2D eigenvalue weighted by Crippen LogP contribution is 2.10. The van der Waals surface area contributed by atoms with E-state index in [0.717, 1.165) is 6.42 Å². The molecular formula is C18H24N4O. The van der Waals surface area contributed by atoms with Crippen molar-refractivity contribution in [2.45, 2.75) is 33.7 Å². The van der Waals surface area contributed by atoms with Crippen molar-refractivity contribution in [3.8, 4) is 0 Å². The third-order valence-corrected chi connectivity index (χ3v) is 3.63. The van der Waals surface area contributed by atoms with Crippen LogP contribution in [0.15, 0.2) is 36.4 Å². The third kappa shape index (κ3) is 5.36. The molecule has 0 unspecified atom stereocenters. The highest BCUT2D eigenvalue weighted by molar-refractivity contribution is 5.92. The molecule has 2 rings (SSSR count). The summed E-state index contributed by atoms with van der Waals surface area (Å²) in [7, 11) is 0. The Morgan fingerprint density at radius 1 is 1.13 bits per heavy atom. The van der Waals surface area contributed by atoms with E-state index in [1.165, 1.54) is 11.1 Å². The Hall–Kier alpha value is -2.43. The number of nitrogens with zero attached hydrogens (tertiary/aromatic N) is 2. The first-order valence-electron chi connectivity index (χ1n) is 7.96. The summed E-state index contributed by atoms with van der Waals surface area (Å²) in [6, 6.07) is 11.7. The number of rotatable bonds is 7. The standard InChI is InChI=1S/C18H24N4O/c1-13(2)10-11-19-18(23)16-8-9-17(22-21-16)20-12-15-7-5-4-6-14(15)3/h4-9,13H,10-12H2,1-3H3,(H,19,23)(H,20,22). The zero-order valence-electron chi connectivity index (χ0n) is 14.0. The summed E-state index contributed by atoms with van der Waals surface area (Å²) in [6.45, 7) is 7.67. The Morgan fingerprint density at radius 2 is 1.91 bits per heavy atom. The Bertz CT molecular complexity index is 638. The number of hydrogen-bond acceptors (Lipinski definition) is 4. The van der Waals surface area contributed by atoms with Gasteiger partial charge in [0.05, 0.1) is 0 Å². The van der Waals surface area contributed by atoms with Crippen LogP contribution in [0.3, 0.4) is 0 Å². The molecule has 0 fully saturated rings. The normalized spacial score (nSPS) is 10.6. The molecule has 1 aromatic heterocycles. The average molecular weight is 312 g/mol. The van der Waals surface area contributed by atoms with Crippen molar-refractivity contribution in [1.82, 2.24) is 15.5 Å². The lowest BCUT2D eigenvalue weighted by Crippen LogP contribution is -2.26. The second-order valence-electron chi connectivity index (χ2n) is 6.02. The number of amides is 1. The van der Waals surface area contributed by atoms with Crippen LogP contribution in [-0.4, -0.2) is 22.6 Å². The first kappa shape index (κ1) is 16.9. The van der Waals surface area contributed by atoms with Gasteiger partial charge in [-0.05, 0) is 42.5 Å². The zero-order chi connectivity index (χ0) is 16.7. The van der Waals surface area contributed by atoms with Gasteiger partial charge in [-0.15, -0.1) is 10.2 Å². The fourth-order valence-corrected chi connectivity index (χ4v) is 2.11. The van der Waals surface area contributed by atoms with Crippen LogP contribution >= 0.6 is 0 Å². The number of carbonyl (C=O) groups excluding carboxylic acids is 1. The minimum absolute atomic E-state index is 0.177. The Labute approximate surface area is 137 Å². The summed E-state index contributed by atoms with van der Waals surface area (Å²) in [5.41, 5.74) is 2.79. The first-order chi connectivity index (χ1) is 11.1. The highest BCUT2D eigenvalue weighted by Gasteiger charge is 2.08. The van der Waals surface area contributed by atoms with Gasteiger partial charge in [0.1, 0.15) is 5.82 Å². The first-order valence-corrected chi connectivity index (χ1v) is 7.96. The third-order valence-electron chi connectivity index (χ3n) is 3.63. The fraction of sp³-hybridized carbons (Fsp3) is 0.389. The van der Waals surface area contributed by atoms with Crippen LogP contribution in [-0.2, 0) is 6.54 Å². The minimum atomic E-state index is -0.177. The Kier molecular flexibility index (Phi) is 6.09. The van der Waals surface area contributed by atoms with Gasteiger partial charge in [-0.1, -0.05) is 38.1 Å². The van der Waals surface area contributed by atoms with Crippen molar-refractivity contribution in [3.05, 3.63) is 53.2 Å². The number of benzene rings is 1. The van der Waals surface area contributed by atoms with Gasteiger partial charge in [-0.25, -0.2) is 0 Å². The van der Waals surface area contributed by atoms with Gasteiger partial charge < -0.3 is 10.6 Å². The van der Waals surface area contributed by atoms with E-state index in [-0.39, 0.29) is 5.91 Å². The maximum absolute atomic E-state index is 11.9. The highest BCUT2D eigenvalue weighted by atomic mass is 16.1. The van der Waals surface area contributed by atoms with E-state index in [9.17, 15) is 4.79 Å². The molecule has 0 spiro atoms. The largest absolute Gasteiger partial charge is 0.364 e. The topological polar surface area (TPSA) is 66.9 Å². The van der Waals surface area contributed by atoms with E-state index < -0.39 is 0 Å². The second-order valence-corrected chi connectivity index (χ2v) is 6.02. The second kappa shape index (κ2) is 8.27. The monoisotopic (exact) mass is 312 g/mol. The van der Waals surface area contributed by atoms with Gasteiger partial charge in [0.2, 0.25) is 0 Å². The van der Waals surface area contributed by atoms with Crippen LogP contribution in [0.1, 0.15) is 41.9 Å². The predicted octanol–water partition coefficient (Wildman–Crippen LogP) is 3.17. The van der Waals surface area contributed by atoms with Crippen molar-refractivity contribution in [1.29, 1.82) is 0 Å². The molecule has 0 atom stereocenters. The van der Waals surface area contributed by atoms with Crippen LogP contribution in [0, 0.1) is 12.8 Å². The van der Waals surface area contributed by atoms with Gasteiger partial charge in [-0.3, -0.25) is 4.79 Å². The van der Waals surface area contributed by atoms with Crippen LogP contribution in [0.25, 0.3) is 0 Å². The molecule has 5 nitrogen and oxygen atoms in total. The van der Waals surface area contributed by atoms with E-state index in [0.29, 0.717) is 30.5 Å². The lowest BCUT2D eigenvalue weighted by molar-refractivity contribution is 0.0946. The molecule has 1 aromatic carbocycles. The zero-order valence-corrected chi connectivity index (χ0v) is 14.0. The molecule has 0 aliphatic rings. The number of carbonyl (C=O) groups is 1. The van der Waals surface area contributed by atoms with E-state index in [1.54, 1.807) is 12.1 Å². The van der Waals surface area contributed by atoms with Crippen LogP contribution < -0.4 is 10.6 Å². The van der Waals surface area contributed by atoms with Gasteiger partial charge in [-0.2, -0.15) is 0 Å². The SMILES string of the molecule is Cc1ccccc1CNc1ccc(C(=O)NCCC(C)C)nn1. The van der Waals surface area contributed by atoms with Crippen molar-refractivity contribution >= 4 is 11.7 Å².